The van der Waals surface area contributed by atoms with E-state index >= 15 is 0 Å². The number of hydrogen-bond acceptors (Lipinski definition) is 6. The fourth-order valence-electron chi connectivity index (χ4n) is 2.01. The molecule has 0 saturated heterocycles. The summed E-state index contributed by atoms with van der Waals surface area (Å²) in [7, 11) is 0. The van der Waals surface area contributed by atoms with Crippen LogP contribution in [0.4, 0.5) is 11.5 Å². The Morgan fingerprint density at radius 2 is 2.29 bits per heavy atom. The number of pyridine rings is 1. The number of hydrogen-bond donors (Lipinski definition) is 1. The van der Waals surface area contributed by atoms with Crippen LogP contribution in [-0.4, -0.2) is 24.1 Å². The standard InChI is InChI=1S/C15H19N3O2S/c1-3-18(10-12-6-5-7-21-12)14-13(15(19)20-4-2)8-11(16)9-17-14/h5-9H,3-4,10,16H2,1-2H3. The van der Waals surface area contributed by atoms with Gasteiger partial charge in [0.2, 0.25) is 0 Å². The average molecular weight is 305 g/mol. The van der Waals surface area contributed by atoms with Gasteiger partial charge in [-0.15, -0.1) is 11.3 Å². The van der Waals surface area contributed by atoms with Crippen molar-refractivity contribution in [2.75, 3.05) is 23.8 Å². The van der Waals surface area contributed by atoms with Crippen LogP contribution in [0.15, 0.2) is 29.8 Å². The van der Waals surface area contributed by atoms with Crippen molar-refractivity contribution in [3.8, 4) is 0 Å². The molecule has 6 heteroatoms. The monoisotopic (exact) mass is 305 g/mol. The van der Waals surface area contributed by atoms with E-state index in [1.165, 1.54) is 4.88 Å². The molecule has 0 radical (unpaired) electrons. The highest BCUT2D eigenvalue weighted by molar-refractivity contribution is 7.09. The second-order valence-electron chi connectivity index (χ2n) is 4.45. The maximum Gasteiger partial charge on any atom is 0.341 e. The van der Waals surface area contributed by atoms with E-state index in [2.05, 4.69) is 11.1 Å². The van der Waals surface area contributed by atoms with Gasteiger partial charge in [-0.05, 0) is 31.4 Å². The summed E-state index contributed by atoms with van der Waals surface area (Å²) in [5.74, 6) is 0.218. The highest BCUT2D eigenvalue weighted by Crippen LogP contribution is 2.24. The summed E-state index contributed by atoms with van der Waals surface area (Å²) < 4.78 is 5.09. The maximum atomic E-state index is 12.1. The molecule has 0 aromatic carbocycles. The summed E-state index contributed by atoms with van der Waals surface area (Å²) in [6.45, 7) is 5.57. The molecule has 0 bridgehead atoms. The molecule has 5 nitrogen and oxygen atoms in total. The Balaban J connectivity index is 2.33. The van der Waals surface area contributed by atoms with Gasteiger partial charge in [0.05, 0.1) is 25.0 Å². The Bertz CT molecular complexity index is 599. The average Bonchev–Trinajstić information content (AvgIpc) is 2.98. The Morgan fingerprint density at radius 1 is 1.48 bits per heavy atom. The lowest BCUT2D eigenvalue weighted by Crippen LogP contribution is -2.25. The molecule has 2 N–H and O–H groups in total. The van der Waals surface area contributed by atoms with Crippen molar-refractivity contribution in [3.05, 3.63) is 40.2 Å². The minimum Gasteiger partial charge on any atom is -0.462 e. The fourth-order valence-corrected chi connectivity index (χ4v) is 2.73. The van der Waals surface area contributed by atoms with E-state index in [-0.39, 0.29) is 0 Å². The number of esters is 1. The number of carbonyl (C=O) groups excluding carboxylic acids is 1. The molecule has 0 aliphatic carbocycles. The first kappa shape index (κ1) is 15.3. The van der Waals surface area contributed by atoms with Crippen LogP contribution >= 0.6 is 11.3 Å². The van der Waals surface area contributed by atoms with E-state index in [0.29, 0.717) is 30.2 Å². The van der Waals surface area contributed by atoms with Gasteiger partial charge >= 0.3 is 5.97 Å². The third kappa shape index (κ3) is 3.72. The zero-order chi connectivity index (χ0) is 15.2. The topological polar surface area (TPSA) is 68.5 Å². The minimum atomic E-state index is -0.392. The summed E-state index contributed by atoms with van der Waals surface area (Å²) in [4.78, 5) is 19.7. The lowest BCUT2D eigenvalue weighted by atomic mass is 10.2. The van der Waals surface area contributed by atoms with E-state index in [0.717, 1.165) is 6.54 Å². The maximum absolute atomic E-state index is 12.1. The van der Waals surface area contributed by atoms with Crippen LogP contribution in [0.25, 0.3) is 0 Å². The molecule has 0 aliphatic heterocycles. The molecule has 2 aromatic heterocycles. The molecule has 2 heterocycles. The van der Waals surface area contributed by atoms with Crippen LogP contribution in [0.5, 0.6) is 0 Å². The Labute approximate surface area is 128 Å². The lowest BCUT2D eigenvalue weighted by molar-refractivity contribution is 0.0526. The molecule has 21 heavy (non-hydrogen) atoms. The first-order valence-corrected chi connectivity index (χ1v) is 7.73. The van der Waals surface area contributed by atoms with E-state index in [1.807, 2.05) is 23.3 Å². The van der Waals surface area contributed by atoms with Crippen LogP contribution in [0.2, 0.25) is 0 Å². The molecular weight excluding hydrogens is 286 g/mol. The van der Waals surface area contributed by atoms with Gasteiger partial charge in [-0.2, -0.15) is 0 Å². The van der Waals surface area contributed by atoms with Crippen molar-refractivity contribution in [3.63, 3.8) is 0 Å². The SMILES string of the molecule is CCOC(=O)c1cc(N)cnc1N(CC)Cc1cccs1. The molecule has 0 spiro atoms. The largest absolute Gasteiger partial charge is 0.462 e. The fraction of sp³-hybridized carbons (Fsp3) is 0.333. The quantitative estimate of drug-likeness (QED) is 0.831. The number of ether oxygens (including phenoxy) is 1. The summed E-state index contributed by atoms with van der Waals surface area (Å²) in [5, 5.41) is 2.03. The van der Waals surface area contributed by atoms with Gasteiger partial charge in [-0.3, -0.25) is 0 Å². The van der Waals surface area contributed by atoms with E-state index in [4.69, 9.17) is 10.5 Å². The van der Waals surface area contributed by atoms with Gasteiger partial charge in [0.15, 0.2) is 0 Å². The normalized spacial score (nSPS) is 10.4. The molecule has 2 rings (SSSR count). The molecule has 0 saturated carbocycles. The predicted octanol–water partition coefficient (Wildman–Crippen LogP) is 2.93. The van der Waals surface area contributed by atoms with E-state index in [1.54, 1.807) is 30.5 Å². The van der Waals surface area contributed by atoms with Crippen molar-refractivity contribution >= 4 is 28.8 Å². The number of rotatable bonds is 6. The number of nitrogens with zero attached hydrogens (tertiary/aromatic N) is 2. The predicted molar refractivity (Wildman–Crippen MR) is 85.6 cm³/mol. The minimum absolute atomic E-state index is 0.324. The highest BCUT2D eigenvalue weighted by Gasteiger charge is 2.19. The van der Waals surface area contributed by atoms with Crippen LogP contribution in [0.1, 0.15) is 29.1 Å². The van der Waals surface area contributed by atoms with Crippen LogP contribution < -0.4 is 10.6 Å². The van der Waals surface area contributed by atoms with E-state index in [9.17, 15) is 4.79 Å². The molecule has 112 valence electrons. The summed E-state index contributed by atoms with van der Waals surface area (Å²) in [5.41, 5.74) is 6.62. The van der Waals surface area contributed by atoms with Crippen molar-refractivity contribution < 1.29 is 9.53 Å². The Kier molecular flexibility index (Phi) is 5.16. The van der Waals surface area contributed by atoms with Crippen molar-refractivity contribution in [1.82, 2.24) is 4.98 Å². The van der Waals surface area contributed by atoms with Gasteiger partial charge in [0, 0.05) is 11.4 Å². The van der Waals surface area contributed by atoms with Gasteiger partial charge in [-0.1, -0.05) is 6.07 Å². The first-order chi connectivity index (χ1) is 10.2. The van der Waals surface area contributed by atoms with E-state index < -0.39 is 5.97 Å². The van der Waals surface area contributed by atoms with Crippen molar-refractivity contribution in [2.24, 2.45) is 0 Å². The van der Waals surface area contributed by atoms with Gasteiger partial charge < -0.3 is 15.4 Å². The lowest BCUT2D eigenvalue weighted by Gasteiger charge is -2.23. The third-order valence-corrected chi connectivity index (χ3v) is 3.85. The second kappa shape index (κ2) is 7.08. The van der Waals surface area contributed by atoms with Crippen LogP contribution in [-0.2, 0) is 11.3 Å². The third-order valence-electron chi connectivity index (χ3n) is 2.99. The van der Waals surface area contributed by atoms with Crippen molar-refractivity contribution in [1.29, 1.82) is 0 Å². The van der Waals surface area contributed by atoms with Gasteiger partial charge in [0.1, 0.15) is 11.4 Å². The zero-order valence-electron chi connectivity index (χ0n) is 12.2. The number of thiophene rings is 1. The number of carbonyl (C=O) groups is 1. The summed E-state index contributed by atoms with van der Waals surface area (Å²) in [6.07, 6.45) is 1.56. The van der Waals surface area contributed by atoms with Crippen molar-refractivity contribution in [2.45, 2.75) is 20.4 Å². The van der Waals surface area contributed by atoms with Crippen LogP contribution in [0, 0.1) is 0 Å². The van der Waals surface area contributed by atoms with Gasteiger partial charge in [0.25, 0.3) is 0 Å². The highest BCUT2D eigenvalue weighted by atomic mass is 32.1. The summed E-state index contributed by atoms with van der Waals surface area (Å²) >= 11 is 1.68. The smallest absolute Gasteiger partial charge is 0.341 e. The van der Waals surface area contributed by atoms with Gasteiger partial charge in [-0.25, -0.2) is 9.78 Å². The molecular formula is C15H19N3O2S. The molecule has 0 aliphatic rings. The van der Waals surface area contributed by atoms with Crippen LogP contribution in [0.3, 0.4) is 0 Å². The number of anilines is 2. The molecule has 2 aromatic rings. The molecule has 0 amide bonds. The zero-order valence-corrected chi connectivity index (χ0v) is 13.0. The number of nitrogens with two attached hydrogens (primary N) is 1. The first-order valence-electron chi connectivity index (χ1n) is 6.85. The number of aromatic nitrogens is 1. The Hall–Kier alpha value is -2.08. The summed E-state index contributed by atoms with van der Waals surface area (Å²) in [6, 6.07) is 5.70. The number of nitrogen functional groups attached to an aromatic ring is 1. The second-order valence-corrected chi connectivity index (χ2v) is 5.49. The molecule has 0 fully saturated rings. The molecule has 0 unspecified atom stereocenters. The Morgan fingerprint density at radius 3 is 2.90 bits per heavy atom. The molecule has 0 atom stereocenters.